The monoisotopic (exact) mass is 389 g/mol. The molecule has 6 nitrogen and oxygen atoms in total. The molecule has 1 amide bonds. The Kier molecular flexibility index (Phi) is 6.62. The number of anilines is 1. The number of nitrogens with zero attached hydrogens (tertiary/aromatic N) is 1. The van der Waals surface area contributed by atoms with Crippen LogP contribution in [0.1, 0.15) is 37.0 Å². The lowest BCUT2D eigenvalue weighted by molar-refractivity contribution is 0.0895. The first-order chi connectivity index (χ1) is 12.8. The summed E-state index contributed by atoms with van der Waals surface area (Å²) in [6, 6.07) is 14.8. The van der Waals surface area contributed by atoms with Crippen LogP contribution in [0, 0.1) is 0 Å². The molecule has 27 heavy (non-hydrogen) atoms. The Bertz CT molecular complexity index is 853. The van der Waals surface area contributed by atoms with E-state index in [1.165, 1.54) is 35.6 Å². The van der Waals surface area contributed by atoms with Crippen LogP contribution in [0.25, 0.3) is 0 Å². The standard InChI is InChI=1S/C20H27N3O3S/c1-4-20(5-2,15-21)22-19(24)16-11-13-18(14-12-16)27(25,26)23(3)17-9-7-6-8-10-17/h6-14H,4-5,15,21H2,1-3H3,(H,22,24). The van der Waals surface area contributed by atoms with Crippen LogP contribution in [-0.2, 0) is 10.0 Å². The van der Waals surface area contributed by atoms with Crippen molar-refractivity contribution < 1.29 is 13.2 Å². The Morgan fingerprint density at radius 1 is 1.04 bits per heavy atom. The molecule has 7 heteroatoms. The van der Waals surface area contributed by atoms with Gasteiger partial charge >= 0.3 is 0 Å². The molecule has 0 aliphatic carbocycles. The van der Waals surface area contributed by atoms with Gasteiger partial charge in [0.2, 0.25) is 0 Å². The van der Waals surface area contributed by atoms with E-state index in [1.807, 2.05) is 19.9 Å². The Morgan fingerprint density at radius 3 is 2.07 bits per heavy atom. The second-order valence-corrected chi connectivity index (χ2v) is 8.45. The lowest BCUT2D eigenvalue weighted by Crippen LogP contribution is -2.52. The van der Waals surface area contributed by atoms with E-state index in [0.717, 1.165) is 12.8 Å². The Hall–Kier alpha value is -2.38. The van der Waals surface area contributed by atoms with Crippen LogP contribution in [0.4, 0.5) is 5.69 Å². The summed E-state index contributed by atoms with van der Waals surface area (Å²) < 4.78 is 26.8. The Morgan fingerprint density at radius 2 is 1.59 bits per heavy atom. The molecule has 0 saturated carbocycles. The highest BCUT2D eigenvalue weighted by Gasteiger charge is 2.27. The molecular weight excluding hydrogens is 362 g/mol. The van der Waals surface area contributed by atoms with Gasteiger partial charge < -0.3 is 11.1 Å². The predicted octanol–water partition coefficient (Wildman–Crippen LogP) is 2.76. The number of para-hydroxylation sites is 1. The fourth-order valence-corrected chi connectivity index (χ4v) is 3.99. The molecule has 2 rings (SSSR count). The van der Waals surface area contributed by atoms with Crippen molar-refractivity contribution in [1.29, 1.82) is 0 Å². The molecular formula is C20H27N3O3S. The number of hydrogen-bond donors (Lipinski definition) is 2. The van der Waals surface area contributed by atoms with Crippen LogP contribution in [0.5, 0.6) is 0 Å². The van der Waals surface area contributed by atoms with Crippen LogP contribution in [0.2, 0.25) is 0 Å². The molecule has 0 fully saturated rings. The van der Waals surface area contributed by atoms with E-state index in [4.69, 9.17) is 5.73 Å². The van der Waals surface area contributed by atoms with Crippen LogP contribution >= 0.6 is 0 Å². The molecule has 146 valence electrons. The zero-order chi connectivity index (χ0) is 20.1. The van der Waals surface area contributed by atoms with Gasteiger partial charge in [0.1, 0.15) is 0 Å². The fraction of sp³-hybridized carbons (Fsp3) is 0.350. The maximum Gasteiger partial charge on any atom is 0.264 e. The van der Waals surface area contributed by atoms with E-state index in [0.29, 0.717) is 17.8 Å². The van der Waals surface area contributed by atoms with Crippen molar-refractivity contribution >= 4 is 21.6 Å². The van der Waals surface area contributed by atoms with Crippen molar-refractivity contribution in [2.45, 2.75) is 37.1 Å². The Balaban J connectivity index is 2.22. The first-order valence-corrected chi connectivity index (χ1v) is 10.4. The number of carbonyl (C=O) groups excluding carboxylic acids is 1. The number of hydrogen-bond acceptors (Lipinski definition) is 4. The maximum atomic E-state index is 12.8. The number of nitrogens with two attached hydrogens (primary N) is 1. The van der Waals surface area contributed by atoms with Crippen LogP contribution in [-0.4, -0.2) is 33.5 Å². The first kappa shape index (κ1) is 20.9. The summed E-state index contributed by atoms with van der Waals surface area (Å²) in [6.07, 6.45) is 1.44. The molecule has 0 unspecified atom stereocenters. The summed E-state index contributed by atoms with van der Waals surface area (Å²) in [5.74, 6) is -0.260. The summed E-state index contributed by atoms with van der Waals surface area (Å²) in [6.45, 7) is 4.30. The number of rotatable bonds is 8. The van der Waals surface area contributed by atoms with Crippen LogP contribution in [0.3, 0.4) is 0 Å². The fourth-order valence-electron chi connectivity index (χ4n) is 2.79. The van der Waals surface area contributed by atoms with Gasteiger partial charge in [-0.3, -0.25) is 9.10 Å². The molecule has 0 heterocycles. The van der Waals surface area contributed by atoms with Crippen molar-refractivity contribution in [3.63, 3.8) is 0 Å². The zero-order valence-electron chi connectivity index (χ0n) is 16.0. The van der Waals surface area contributed by atoms with Crippen molar-refractivity contribution in [2.24, 2.45) is 5.73 Å². The molecule has 2 aromatic rings. The van der Waals surface area contributed by atoms with Crippen molar-refractivity contribution in [3.05, 3.63) is 60.2 Å². The molecule has 3 N–H and O–H groups in total. The van der Waals surface area contributed by atoms with Gasteiger partial charge in [-0.05, 0) is 49.2 Å². The SMILES string of the molecule is CCC(CC)(CN)NC(=O)c1ccc(S(=O)(=O)N(C)c2ccccc2)cc1. The molecule has 0 atom stereocenters. The van der Waals surface area contributed by atoms with Gasteiger partial charge in [-0.15, -0.1) is 0 Å². The normalized spacial score (nSPS) is 11.9. The minimum atomic E-state index is -3.70. The number of amides is 1. The van der Waals surface area contributed by atoms with Crippen molar-refractivity contribution in [1.82, 2.24) is 5.32 Å². The molecule has 2 aromatic carbocycles. The number of benzene rings is 2. The summed E-state index contributed by atoms with van der Waals surface area (Å²) in [5.41, 5.74) is 6.34. The quantitative estimate of drug-likeness (QED) is 0.726. The van der Waals surface area contributed by atoms with Gasteiger partial charge in [-0.25, -0.2) is 8.42 Å². The minimum Gasteiger partial charge on any atom is -0.345 e. The van der Waals surface area contributed by atoms with E-state index in [9.17, 15) is 13.2 Å². The average molecular weight is 390 g/mol. The van der Waals surface area contributed by atoms with E-state index < -0.39 is 15.6 Å². The van der Waals surface area contributed by atoms with Crippen molar-refractivity contribution in [3.8, 4) is 0 Å². The average Bonchev–Trinajstić information content (AvgIpc) is 2.72. The van der Waals surface area contributed by atoms with Gasteiger partial charge in [0.15, 0.2) is 0 Å². The lowest BCUT2D eigenvalue weighted by Gasteiger charge is -2.31. The molecule has 0 aliphatic heterocycles. The van der Waals surface area contributed by atoms with Gasteiger partial charge in [-0.2, -0.15) is 0 Å². The molecule has 0 bridgehead atoms. The summed E-state index contributed by atoms with van der Waals surface area (Å²) in [4.78, 5) is 12.7. The predicted molar refractivity (Wildman–Crippen MR) is 108 cm³/mol. The third-order valence-corrected chi connectivity index (χ3v) is 6.82. The van der Waals surface area contributed by atoms with Gasteiger partial charge in [0, 0.05) is 19.2 Å². The minimum absolute atomic E-state index is 0.126. The highest BCUT2D eigenvalue weighted by molar-refractivity contribution is 7.92. The van der Waals surface area contributed by atoms with E-state index in [1.54, 1.807) is 24.3 Å². The zero-order valence-corrected chi connectivity index (χ0v) is 16.8. The van der Waals surface area contributed by atoms with Crippen LogP contribution in [0.15, 0.2) is 59.5 Å². The molecule has 0 aromatic heterocycles. The van der Waals surface area contributed by atoms with Crippen LogP contribution < -0.4 is 15.4 Å². The van der Waals surface area contributed by atoms with E-state index >= 15 is 0 Å². The molecule has 0 radical (unpaired) electrons. The van der Waals surface area contributed by atoms with E-state index in [2.05, 4.69) is 5.32 Å². The molecule has 0 aliphatic rings. The van der Waals surface area contributed by atoms with E-state index in [-0.39, 0.29) is 10.8 Å². The summed E-state index contributed by atoms with van der Waals surface area (Å²) in [7, 11) is -2.20. The second-order valence-electron chi connectivity index (χ2n) is 6.48. The van der Waals surface area contributed by atoms with Gasteiger partial charge in [0.05, 0.1) is 16.1 Å². The third-order valence-electron chi connectivity index (χ3n) is 5.02. The number of carbonyl (C=O) groups is 1. The maximum absolute atomic E-state index is 12.8. The summed E-state index contributed by atoms with van der Waals surface area (Å²) >= 11 is 0. The highest BCUT2D eigenvalue weighted by atomic mass is 32.2. The third kappa shape index (κ3) is 4.48. The van der Waals surface area contributed by atoms with Gasteiger partial charge in [0.25, 0.3) is 15.9 Å². The topological polar surface area (TPSA) is 92.5 Å². The molecule has 0 saturated heterocycles. The largest absolute Gasteiger partial charge is 0.345 e. The number of nitrogens with one attached hydrogen (secondary N) is 1. The lowest BCUT2D eigenvalue weighted by atomic mass is 9.92. The number of sulfonamides is 1. The second kappa shape index (κ2) is 8.54. The highest BCUT2D eigenvalue weighted by Crippen LogP contribution is 2.22. The van der Waals surface area contributed by atoms with Crippen molar-refractivity contribution in [2.75, 3.05) is 17.9 Å². The first-order valence-electron chi connectivity index (χ1n) is 8.96. The molecule has 0 spiro atoms. The smallest absolute Gasteiger partial charge is 0.264 e. The van der Waals surface area contributed by atoms with Gasteiger partial charge in [-0.1, -0.05) is 32.0 Å². The Labute approximate surface area is 161 Å². The summed E-state index contributed by atoms with van der Waals surface area (Å²) in [5, 5.41) is 2.98.